The van der Waals surface area contributed by atoms with E-state index in [9.17, 15) is 0 Å². The molecule has 0 saturated heterocycles. The Kier molecular flexibility index (Phi) is 3.24. The first kappa shape index (κ1) is 12.7. The summed E-state index contributed by atoms with van der Waals surface area (Å²) in [6.45, 7) is 0.614. The van der Waals surface area contributed by atoms with Crippen LogP contribution in [0.2, 0.25) is 0 Å². The van der Waals surface area contributed by atoms with Gasteiger partial charge in [-0.1, -0.05) is 0 Å². The Morgan fingerprint density at radius 2 is 2.00 bits per heavy atom. The van der Waals surface area contributed by atoms with Gasteiger partial charge in [-0.15, -0.1) is 0 Å². The van der Waals surface area contributed by atoms with Crippen LogP contribution in [-0.4, -0.2) is 9.97 Å². The van der Waals surface area contributed by atoms with Crippen molar-refractivity contribution in [2.75, 3.05) is 5.32 Å². The van der Waals surface area contributed by atoms with Crippen LogP contribution < -0.4 is 5.32 Å². The SMILES string of the molecule is N#Cc1ccc(NCc2c[nH]c3ncccc23)cc1C#N. The first-order valence-corrected chi connectivity index (χ1v) is 6.41. The van der Waals surface area contributed by atoms with Gasteiger partial charge in [-0.25, -0.2) is 4.98 Å². The van der Waals surface area contributed by atoms with E-state index in [1.54, 1.807) is 24.4 Å². The third-order valence-corrected chi connectivity index (χ3v) is 3.28. The van der Waals surface area contributed by atoms with Crippen molar-refractivity contribution in [1.82, 2.24) is 9.97 Å². The molecule has 0 amide bonds. The number of anilines is 1. The molecule has 0 spiro atoms. The van der Waals surface area contributed by atoms with Gasteiger partial charge < -0.3 is 10.3 Å². The molecule has 0 atom stereocenters. The molecule has 0 aliphatic carbocycles. The molecule has 21 heavy (non-hydrogen) atoms. The van der Waals surface area contributed by atoms with E-state index in [-0.39, 0.29) is 0 Å². The standard InChI is InChI=1S/C16H11N5/c17-7-11-3-4-14(6-12(11)8-18)20-9-13-10-21-16-15(13)2-1-5-19-16/h1-6,10,20H,9H2,(H,19,21). The average Bonchev–Trinajstić information content (AvgIpc) is 2.96. The molecule has 0 bridgehead atoms. The number of pyridine rings is 1. The second-order valence-electron chi connectivity index (χ2n) is 4.55. The summed E-state index contributed by atoms with van der Waals surface area (Å²) in [5.74, 6) is 0. The van der Waals surface area contributed by atoms with Gasteiger partial charge in [-0.3, -0.25) is 0 Å². The van der Waals surface area contributed by atoms with Gasteiger partial charge >= 0.3 is 0 Å². The van der Waals surface area contributed by atoms with Gasteiger partial charge in [0.15, 0.2) is 0 Å². The number of hydrogen-bond acceptors (Lipinski definition) is 4. The Labute approximate surface area is 121 Å². The van der Waals surface area contributed by atoms with Crippen LogP contribution in [0.25, 0.3) is 11.0 Å². The Balaban J connectivity index is 1.82. The Bertz CT molecular complexity index is 880. The third kappa shape index (κ3) is 2.41. The number of nitrogens with zero attached hydrogens (tertiary/aromatic N) is 3. The lowest BCUT2D eigenvalue weighted by atomic mass is 10.1. The van der Waals surface area contributed by atoms with E-state index in [1.807, 2.05) is 30.5 Å². The minimum Gasteiger partial charge on any atom is -0.381 e. The van der Waals surface area contributed by atoms with Gasteiger partial charge in [0.05, 0.1) is 11.1 Å². The highest BCUT2D eigenvalue weighted by molar-refractivity contribution is 5.79. The number of aromatic nitrogens is 2. The highest BCUT2D eigenvalue weighted by Crippen LogP contribution is 2.19. The van der Waals surface area contributed by atoms with Crippen LogP contribution in [0.4, 0.5) is 5.69 Å². The normalized spacial score (nSPS) is 10.0. The molecular weight excluding hydrogens is 262 g/mol. The van der Waals surface area contributed by atoms with Crippen LogP contribution in [0.3, 0.4) is 0 Å². The van der Waals surface area contributed by atoms with Gasteiger partial charge in [-0.2, -0.15) is 10.5 Å². The lowest BCUT2D eigenvalue weighted by Gasteiger charge is -2.06. The van der Waals surface area contributed by atoms with Crippen LogP contribution in [0.5, 0.6) is 0 Å². The molecule has 0 radical (unpaired) electrons. The molecule has 100 valence electrons. The number of H-pyrrole nitrogens is 1. The predicted octanol–water partition coefficient (Wildman–Crippen LogP) is 2.92. The van der Waals surface area contributed by atoms with E-state index in [2.05, 4.69) is 15.3 Å². The summed E-state index contributed by atoms with van der Waals surface area (Å²) >= 11 is 0. The van der Waals surface area contributed by atoms with E-state index in [1.165, 1.54) is 0 Å². The highest BCUT2D eigenvalue weighted by atomic mass is 14.9. The fourth-order valence-corrected chi connectivity index (χ4v) is 2.20. The Morgan fingerprint density at radius 1 is 1.14 bits per heavy atom. The fourth-order valence-electron chi connectivity index (χ4n) is 2.20. The van der Waals surface area contributed by atoms with Gasteiger partial charge in [0.25, 0.3) is 0 Å². The maximum Gasteiger partial charge on any atom is 0.137 e. The highest BCUT2D eigenvalue weighted by Gasteiger charge is 2.05. The molecule has 3 aromatic rings. The maximum absolute atomic E-state index is 9.03. The summed E-state index contributed by atoms with van der Waals surface area (Å²) in [6, 6.07) is 13.1. The van der Waals surface area contributed by atoms with Crippen molar-refractivity contribution >= 4 is 16.7 Å². The lowest BCUT2D eigenvalue weighted by molar-refractivity contribution is 1.16. The third-order valence-electron chi connectivity index (χ3n) is 3.28. The Morgan fingerprint density at radius 3 is 2.81 bits per heavy atom. The van der Waals surface area contributed by atoms with Crippen LogP contribution in [0, 0.1) is 22.7 Å². The number of rotatable bonds is 3. The second kappa shape index (κ2) is 5.36. The van der Waals surface area contributed by atoms with Crippen molar-refractivity contribution in [2.24, 2.45) is 0 Å². The molecule has 0 aliphatic heterocycles. The van der Waals surface area contributed by atoms with Crippen molar-refractivity contribution in [2.45, 2.75) is 6.54 Å². The molecular formula is C16H11N5. The summed E-state index contributed by atoms with van der Waals surface area (Å²) < 4.78 is 0. The molecule has 2 heterocycles. The molecule has 5 nitrogen and oxygen atoms in total. The van der Waals surface area contributed by atoms with Crippen LogP contribution in [0.15, 0.2) is 42.7 Å². The first-order valence-electron chi connectivity index (χ1n) is 6.41. The largest absolute Gasteiger partial charge is 0.381 e. The number of aromatic amines is 1. The minimum atomic E-state index is 0.378. The number of fused-ring (bicyclic) bond motifs is 1. The molecule has 0 unspecified atom stereocenters. The molecule has 3 rings (SSSR count). The molecule has 2 N–H and O–H groups in total. The molecule has 1 aromatic carbocycles. The lowest BCUT2D eigenvalue weighted by Crippen LogP contribution is -1.99. The monoisotopic (exact) mass is 273 g/mol. The smallest absolute Gasteiger partial charge is 0.137 e. The zero-order chi connectivity index (χ0) is 14.7. The number of benzene rings is 1. The molecule has 5 heteroatoms. The maximum atomic E-state index is 9.03. The van der Waals surface area contributed by atoms with Crippen LogP contribution in [-0.2, 0) is 6.54 Å². The van der Waals surface area contributed by atoms with Crippen LogP contribution in [0.1, 0.15) is 16.7 Å². The minimum absolute atomic E-state index is 0.378. The number of nitrogens with one attached hydrogen (secondary N) is 2. The fraction of sp³-hybridized carbons (Fsp3) is 0.0625. The van der Waals surface area contributed by atoms with Crippen LogP contribution >= 0.6 is 0 Å². The zero-order valence-corrected chi connectivity index (χ0v) is 11.1. The van der Waals surface area contributed by atoms with E-state index in [0.717, 1.165) is 22.3 Å². The van der Waals surface area contributed by atoms with Crippen molar-refractivity contribution in [3.63, 3.8) is 0 Å². The summed E-state index contributed by atoms with van der Waals surface area (Å²) in [6.07, 6.45) is 3.66. The van der Waals surface area contributed by atoms with E-state index in [4.69, 9.17) is 10.5 Å². The number of hydrogen-bond donors (Lipinski definition) is 2. The van der Waals surface area contributed by atoms with Gasteiger partial charge in [0.1, 0.15) is 17.8 Å². The Hall–Kier alpha value is -3.31. The summed E-state index contributed by atoms with van der Waals surface area (Å²) in [5, 5.41) is 22.3. The molecule has 0 aliphatic rings. The topological polar surface area (TPSA) is 88.3 Å². The quantitative estimate of drug-likeness (QED) is 0.768. The predicted molar refractivity (Wildman–Crippen MR) is 79.3 cm³/mol. The summed E-state index contributed by atoms with van der Waals surface area (Å²) in [5.41, 5.74) is 3.53. The van der Waals surface area contributed by atoms with Crippen molar-refractivity contribution in [3.05, 3.63) is 59.4 Å². The summed E-state index contributed by atoms with van der Waals surface area (Å²) in [7, 11) is 0. The van der Waals surface area contributed by atoms with Crippen molar-refractivity contribution < 1.29 is 0 Å². The average molecular weight is 273 g/mol. The van der Waals surface area contributed by atoms with Gasteiger partial charge in [0, 0.05) is 30.0 Å². The second-order valence-corrected chi connectivity index (χ2v) is 4.55. The van der Waals surface area contributed by atoms with Crippen molar-refractivity contribution in [1.29, 1.82) is 10.5 Å². The van der Waals surface area contributed by atoms with Gasteiger partial charge in [0.2, 0.25) is 0 Å². The van der Waals surface area contributed by atoms with Gasteiger partial charge in [-0.05, 0) is 35.9 Å². The van der Waals surface area contributed by atoms with E-state index >= 15 is 0 Å². The van der Waals surface area contributed by atoms with Crippen molar-refractivity contribution in [3.8, 4) is 12.1 Å². The number of nitriles is 2. The molecule has 0 saturated carbocycles. The van der Waals surface area contributed by atoms with E-state index < -0.39 is 0 Å². The zero-order valence-electron chi connectivity index (χ0n) is 11.1. The molecule has 0 fully saturated rings. The summed E-state index contributed by atoms with van der Waals surface area (Å²) in [4.78, 5) is 7.36. The molecule has 2 aromatic heterocycles. The van der Waals surface area contributed by atoms with E-state index in [0.29, 0.717) is 17.7 Å². The first-order chi connectivity index (χ1) is 10.3.